The van der Waals surface area contributed by atoms with Gasteiger partial charge in [0.25, 0.3) is 0 Å². The summed E-state index contributed by atoms with van der Waals surface area (Å²) in [5.74, 6) is 0.867. The van der Waals surface area contributed by atoms with E-state index in [2.05, 4.69) is 17.6 Å². The number of aryl methyl sites for hydroxylation is 1. The maximum absolute atomic E-state index is 11.3. The normalized spacial score (nSPS) is 10.8. The number of benzene rings is 2. The van der Waals surface area contributed by atoms with E-state index in [-0.39, 0.29) is 0 Å². The molecule has 0 N–H and O–H groups in total. The van der Waals surface area contributed by atoms with Gasteiger partial charge in [-0.25, -0.2) is 0 Å². The number of aldehydes is 1. The van der Waals surface area contributed by atoms with Crippen molar-refractivity contribution in [2.24, 2.45) is 0 Å². The molecular weight excluding hydrogens is 262 g/mol. The predicted molar refractivity (Wildman–Crippen MR) is 84.2 cm³/mol. The van der Waals surface area contributed by atoms with Crippen molar-refractivity contribution in [3.8, 4) is 5.75 Å². The lowest BCUT2D eigenvalue weighted by atomic mass is 10.1. The fraction of sp³-hybridized carbons (Fsp3) is 0.167. The van der Waals surface area contributed by atoms with Crippen molar-refractivity contribution >= 4 is 17.2 Å². The molecule has 3 aromatic rings. The van der Waals surface area contributed by atoms with Gasteiger partial charge in [-0.1, -0.05) is 29.8 Å². The zero-order chi connectivity index (χ0) is 14.8. The van der Waals surface area contributed by atoms with Crippen molar-refractivity contribution in [3.63, 3.8) is 0 Å². The zero-order valence-corrected chi connectivity index (χ0v) is 12.2. The number of rotatable bonds is 4. The van der Waals surface area contributed by atoms with Gasteiger partial charge in [0.2, 0.25) is 0 Å². The van der Waals surface area contributed by atoms with Crippen LogP contribution in [0.5, 0.6) is 5.75 Å². The summed E-state index contributed by atoms with van der Waals surface area (Å²) in [6.07, 6.45) is 2.92. The number of aromatic nitrogens is 1. The van der Waals surface area contributed by atoms with E-state index in [0.717, 1.165) is 28.5 Å². The molecule has 0 aliphatic heterocycles. The number of carbonyl (C=O) groups is 1. The molecule has 1 heterocycles. The number of ether oxygens (including phenoxy) is 1. The molecular formula is C18H17NO2. The number of carbonyl (C=O) groups excluding carboxylic acids is 1. The lowest BCUT2D eigenvalue weighted by molar-refractivity contribution is 0.112. The summed E-state index contributed by atoms with van der Waals surface area (Å²) in [5.41, 5.74) is 3.98. The van der Waals surface area contributed by atoms with Crippen molar-refractivity contribution in [2.75, 3.05) is 7.11 Å². The van der Waals surface area contributed by atoms with E-state index < -0.39 is 0 Å². The molecule has 3 rings (SSSR count). The Morgan fingerprint density at radius 3 is 2.81 bits per heavy atom. The van der Waals surface area contributed by atoms with Crippen molar-refractivity contribution in [1.29, 1.82) is 0 Å². The highest BCUT2D eigenvalue weighted by molar-refractivity contribution is 5.96. The first-order valence-corrected chi connectivity index (χ1v) is 6.89. The lowest BCUT2D eigenvalue weighted by Gasteiger charge is -2.12. The van der Waals surface area contributed by atoms with Crippen molar-refractivity contribution in [1.82, 2.24) is 4.57 Å². The first-order valence-electron chi connectivity index (χ1n) is 6.89. The van der Waals surface area contributed by atoms with E-state index in [0.29, 0.717) is 12.1 Å². The average molecular weight is 279 g/mol. The van der Waals surface area contributed by atoms with Crippen LogP contribution in [0, 0.1) is 6.92 Å². The highest BCUT2D eigenvalue weighted by Crippen LogP contribution is 2.25. The molecule has 0 radical (unpaired) electrons. The first kappa shape index (κ1) is 13.4. The van der Waals surface area contributed by atoms with Crippen molar-refractivity contribution in [3.05, 3.63) is 65.4 Å². The zero-order valence-electron chi connectivity index (χ0n) is 12.2. The number of nitrogens with zero attached hydrogens (tertiary/aromatic N) is 1. The van der Waals surface area contributed by atoms with Gasteiger partial charge in [0.1, 0.15) is 5.75 Å². The van der Waals surface area contributed by atoms with Gasteiger partial charge in [-0.2, -0.15) is 0 Å². The van der Waals surface area contributed by atoms with Crippen LogP contribution in [0.4, 0.5) is 0 Å². The monoisotopic (exact) mass is 279 g/mol. The Kier molecular flexibility index (Phi) is 3.48. The molecule has 0 saturated heterocycles. The molecule has 0 atom stereocenters. The van der Waals surface area contributed by atoms with Crippen molar-refractivity contribution < 1.29 is 9.53 Å². The summed E-state index contributed by atoms with van der Waals surface area (Å²) in [7, 11) is 1.68. The summed E-state index contributed by atoms with van der Waals surface area (Å²) in [5, 5.41) is 1.08. The summed E-state index contributed by atoms with van der Waals surface area (Å²) in [6, 6.07) is 13.9. The quantitative estimate of drug-likeness (QED) is 0.680. The largest absolute Gasteiger partial charge is 0.496 e. The molecule has 3 heteroatoms. The molecule has 0 spiro atoms. The van der Waals surface area contributed by atoms with Crippen LogP contribution in [0.3, 0.4) is 0 Å². The minimum absolute atomic E-state index is 0.680. The Labute approximate surface area is 123 Å². The molecule has 21 heavy (non-hydrogen) atoms. The van der Waals surface area contributed by atoms with E-state index in [1.807, 2.05) is 42.6 Å². The summed E-state index contributed by atoms with van der Waals surface area (Å²) in [4.78, 5) is 11.3. The van der Waals surface area contributed by atoms with Gasteiger partial charge in [-0.15, -0.1) is 0 Å². The van der Waals surface area contributed by atoms with Gasteiger partial charge in [0.15, 0.2) is 6.29 Å². The highest BCUT2D eigenvalue weighted by Gasteiger charge is 2.09. The third-order valence-electron chi connectivity index (χ3n) is 3.72. The van der Waals surface area contributed by atoms with E-state index in [9.17, 15) is 4.79 Å². The van der Waals surface area contributed by atoms with Gasteiger partial charge in [-0.3, -0.25) is 4.79 Å². The Morgan fingerprint density at radius 2 is 2.05 bits per heavy atom. The number of methoxy groups -OCH3 is 1. The third-order valence-corrected chi connectivity index (χ3v) is 3.72. The van der Waals surface area contributed by atoms with E-state index in [4.69, 9.17) is 4.74 Å². The second kappa shape index (κ2) is 5.44. The second-order valence-corrected chi connectivity index (χ2v) is 5.16. The second-order valence-electron chi connectivity index (χ2n) is 5.16. The standard InChI is InChI=1S/C18H17NO2/c1-13-6-7-17(21-2)16(10-13)11-19-9-8-14-4-3-5-15(12-20)18(14)19/h3-10,12H,11H2,1-2H3. The fourth-order valence-electron chi connectivity index (χ4n) is 2.73. The van der Waals surface area contributed by atoms with Crippen LogP contribution in [-0.4, -0.2) is 18.0 Å². The molecule has 0 aliphatic rings. The number of hydrogen-bond donors (Lipinski definition) is 0. The topological polar surface area (TPSA) is 31.2 Å². The van der Waals surface area contributed by atoms with Gasteiger partial charge in [0, 0.05) is 22.7 Å². The maximum Gasteiger partial charge on any atom is 0.152 e. The van der Waals surface area contributed by atoms with Crippen LogP contribution in [-0.2, 0) is 6.54 Å². The number of para-hydroxylation sites is 1. The molecule has 0 fully saturated rings. The van der Waals surface area contributed by atoms with E-state index in [1.54, 1.807) is 7.11 Å². The molecule has 2 aromatic carbocycles. The van der Waals surface area contributed by atoms with Crippen LogP contribution in [0.25, 0.3) is 10.9 Å². The van der Waals surface area contributed by atoms with Gasteiger partial charge >= 0.3 is 0 Å². The Hall–Kier alpha value is -2.55. The smallest absolute Gasteiger partial charge is 0.152 e. The van der Waals surface area contributed by atoms with Gasteiger partial charge in [-0.05, 0) is 25.1 Å². The molecule has 0 saturated carbocycles. The van der Waals surface area contributed by atoms with Crippen LogP contribution in [0.15, 0.2) is 48.7 Å². The minimum Gasteiger partial charge on any atom is -0.496 e. The molecule has 0 unspecified atom stereocenters. The molecule has 0 amide bonds. The molecule has 0 aliphatic carbocycles. The van der Waals surface area contributed by atoms with E-state index in [1.165, 1.54) is 5.56 Å². The number of hydrogen-bond acceptors (Lipinski definition) is 2. The van der Waals surface area contributed by atoms with Crippen LogP contribution < -0.4 is 4.74 Å². The van der Waals surface area contributed by atoms with Crippen molar-refractivity contribution in [2.45, 2.75) is 13.5 Å². The fourth-order valence-corrected chi connectivity index (χ4v) is 2.73. The van der Waals surface area contributed by atoms with E-state index >= 15 is 0 Å². The minimum atomic E-state index is 0.680. The molecule has 1 aromatic heterocycles. The Morgan fingerprint density at radius 1 is 1.19 bits per heavy atom. The molecule has 106 valence electrons. The van der Waals surface area contributed by atoms with Crippen LogP contribution in [0.1, 0.15) is 21.5 Å². The van der Waals surface area contributed by atoms with Crippen LogP contribution in [0.2, 0.25) is 0 Å². The summed E-state index contributed by atoms with van der Waals surface area (Å²) < 4.78 is 7.53. The summed E-state index contributed by atoms with van der Waals surface area (Å²) in [6.45, 7) is 2.74. The summed E-state index contributed by atoms with van der Waals surface area (Å²) >= 11 is 0. The Bertz CT molecular complexity index is 802. The first-order chi connectivity index (χ1) is 10.2. The average Bonchev–Trinajstić information content (AvgIpc) is 2.91. The predicted octanol–water partition coefficient (Wildman–Crippen LogP) is 3.82. The highest BCUT2D eigenvalue weighted by atomic mass is 16.5. The van der Waals surface area contributed by atoms with Crippen LogP contribution >= 0.6 is 0 Å². The maximum atomic E-state index is 11.3. The molecule has 3 nitrogen and oxygen atoms in total. The number of fused-ring (bicyclic) bond motifs is 1. The molecule has 0 bridgehead atoms. The Balaban J connectivity index is 2.10. The van der Waals surface area contributed by atoms with Gasteiger partial charge in [0.05, 0.1) is 19.2 Å². The third kappa shape index (κ3) is 2.42. The van der Waals surface area contributed by atoms with Gasteiger partial charge < -0.3 is 9.30 Å². The lowest BCUT2D eigenvalue weighted by Crippen LogP contribution is -2.02. The SMILES string of the molecule is COc1ccc(C)cc1Cn1ccc2cccc(C=O)c21.